The number of esters is 2. The Kier molecular flexibility index (Phi) is 26.6. The quantitative estimate of drug-likeness (QED) is 0.0235. The molecule has 9 aromatic rings. The van der Waals surface area contributed by atoms with Crippen LogP contribution < -0.4 is 33.7 Å². The maximum atomic E-state index is 15.4. The summed E-state index contributed by atoms with van der Waals surface area (Å²) < 4.78 is 179. The average Bonchev–Trinajstić information content (AvgIpc) is 0.986. The van der Waals surface area contributed by atoms with Crippen LogP contribution in [-0.2, 0) is 46.4 Å². The highest BCUT2D eigenvalue weighted by Crippen LogP contribution is 2.38. The van der Waals surface area contributed by atoms with Gasteiger partial charge in [0.25, 0.3) is 11.7 Å². The van der Waals surface area contributed by atoms with Crippen LogP contribution in [0.25, 0.3) is 0 Å². The van der Waals surface area contributed by atoms with Crippen LogP contribution in [0.2, 0.25) is 0 Å². The normalized spacial score (nSPS) is 13.1. The maximum Gasteiger partial charge on any atom is 0.381 e. The number of aliphatic hydroxyl groups excluding tert-OH is 1. The molecule has 0 aromatic heterocycles. The van der Waals surface area contributed by atoms with Gasteiger partial charge in [-0.25, -0.2) is 31.9 Å². The maximum absolute atomic E-state index is 15.4. The molecular formula is C75H64F10N2O15. The highest BCUT2D eigenvalue weighted by molar-refractivity contribution is 6.40. The second-order valence-corrected chi connectivity index (χ2v) is 22.1. The number of fused-ring (bicyclic) bond motifs is 1. The van der Waals surface area contributed by atoms with Crippen LogP contribution in [0.15, 0.2) is 212 Å². The molecule has 0 spiro atoms. The van der Waals surface area contributed by atoms with Crippen LogP contribution >= 0.6 is 0 Å². The fourth-order valence-corrected chi connectivity index (χ4v) is 9.63. The second kappa shape index (κ2) is 35.5. The van der Waals surface area contributed by atoms with E-state index in [2.05, 4.69) is 14.8 Å². The minimum Gasteiger partial charge on any atom is -0.486 e. The van der Waals surface area contributed by atoms with Gasteiger partial charge in [0, 0.05) is 28.8 Å². The molecule has 2 atom stereocenters. The third kappa shape index (κ3) is 21.5. The van der Waals surface area contributed by atoms with Crippen molar-refractivity contribution in [3.63, 3.8) is 0 Å². The number of ether oxygens (including phenoxy) is 8. The van der Waals surface area contributed by atoms with Crippen LogP contribution in [0.3, 0.4) is 0 Å². The van der Waals surface area contributed by atoms with Gasteiger partial charge in [0.1, 0.15) is 88.6 Å². The molecule has 0 bridgehead atoms. The van der Waals surface area contributed by atoms with Crippen molar-refractivity contribution in [2.75, 3.05) is 46.1 Å². The summed E-state index contributed by atoms with van der Waals surface area (Å²) in [5, 5.41) is 22.1. The number of aliphatic carboxylic acids is 1. The molecule has 1 saturated heterocycles. The Bertz CT molecular complexity index is 4300. The predicted molar refractivity (Wildman–Crippen MR) is 349 cm³/mol. The van der Waals surface area contributed by atoms with E-state index in [1.54, 1.807) is 37.3 Å². The fourth-order valence-electron chi connectivity index (χ4n) is 9.63. The molecule has 102 heavy (non-hydrogen) atoms. The zero-order valence-electron chi connectivity index (χ0n) is 54.2. The van der Waals surface area contributed by atoms with Gasteiger partial charge < -0.3 is 58.3 Å². The van der Waals surface area contributed by atoms with Crippen molar-refractivity contribution in [2.45, 2.75) is 56.6 Å². The first-order chi connectivity index (χ1) is 48.7. The molecule has 2 aliphatic heterocycles. The van der Waals surface area contributed by atoms with E-state index in [4.69, 9.17) is 33.5 Å². The Morgan fingerprint density at radius 1 is 0.471 bits per heavy atom. The number of likely N-dealkylation sites (tertiary alicyclic amines) is 1. The summed E-state index contributed by atoms with van der Waals surface area (Å²) in [5.74, 6) is -17.6. The van der Waals surface area contributed by atoms with Crippen molar-refractivity contribution in [1.29, 1.82) is 0 Å². The third-order valence-electron chi connectivity index (χ3n) is 14.7. The lowest BCUT2D eigenvalue weighted by Crippen LogP contribution is -2.50. The highest BCUT2D eigenvalue weighted by Gasteiger charge is 2.45. The number of carbonyl (C=O) groups excluding carboxylic acids is 4. The summed E-state index contributed by atoms with van der Waals surface area (Å²) >= 11 is 0. The van der Waals surface area contributed by atoms with Crippen LogP contribution in [0.5, 0.6) is 57.5 Å². The van der Waals surface area contributed by atoms with E-state index in [9.17, 15) is 64.2 Å². The monoisotopic (exact) mass is 1420 g/mol. The number of halogens is 10. The minimum atomic E-state index is -4.00. The third-order valence-corrected chi connectivity index (χ3v) is 14.7. The molecule has 17 nitrogen and oxygen atoms in total. The van der Waals surface area contributed by atoms with E-state index in [1.165, 1.54) is 140 Å². The fraction of sp³-hybridized carbons (Fsp3) is 0.213. The molecule has 0 unspecified atom stereocenters. The summed E-state index contributed by atoms with van der Waals surface area (Å²) in [6.45, 7) is 5.53. The molecule has 11 rings (SSSR count). The molecule has 2 heterocycles. The number of hydrogen-bond donors (Lipinski definition) is 3. The summed E-state index contributed by atoms with van der Waals surface area (Å²) in [6, 6.07) is 45.2. The first-order valence-corrected chi connectivity index (χ1v) is 31.2. The van der Waals surface area contributed by atoms with Crippen molar-refractivity contribution in [1.82, 2.24) is 10.2 Å². The van der Waals surface area contributed by atoms with Crippen molar-refractivity contribution in [3.8, 4) is 57.5 Å². The first-order valence-electron chi connectivity index (χ1n) is 31.2. The molecule has 2 aliphatic rings. The molecule has 0 saturated carbocycles. The number of benzene rings is 9. The molecule has 27 heteroatoms. The summed E-state index contributed by atoms with van der Waals surface area (Å²) in [5.41, 5.74) is -1.21. The van der Waals surface area contributed by atoms with Gasteiger partial charge in [-0.15, -0.1) is 0 Å². The number of nitrogens with one attached hydrogen (secondary N) is 1. The van der Waals surface area contributed by atoms with Gasteiger partial charge in [-0.1, -0.05) is 54.6 Å². The summed E-state index contributed by atoms with van der Waals surface area (Å²) in [4.78, 5) is 60.1. The number of nitrogens with zero attached hydrogens (tertiary/aromatic N) is 1. The first kappa shape index (κ1) is 76.3. The van der Waals surface area contributed by atoms with Gasteiger partial charge in [-0.2, -0.15) is 26.3 Å². The number of carbonyl (C=O) groups is 5. The van der Waals surface area contributed by atoms with E-state index in [0.29, 0.717) is 41.8 Å². The lowest BCUT2D eigenvalue weighted by molar-refractivity contribution is -0.173. The molecule has 1 amide bonds. The Balaban J connectivity index is 0.000000181. The topological polar surface area (TPSA) is 215 Å². The van der Waals surface area contributed by atoms with Crippen LogP contribution in [0, 0.1) is 23.3 Å². The number of Topliss-reactive ketones (excluding diaryl/α,β-unsaturated/α-hetero) is 1. The van der Waals surface area contributed by atoms with Crippen LogP contribution in [0.1, 0.15) is 65.4 Å². The van der Waals surface area contributed by atoms with E-state index in [0.717, 1.165) is 74.5 Å². The number of carboxylic acids is 1. The van der Waals surface area contributed by atoms with Gasteiger partial charge in [-0.3, -0.25) is 9.59 Å². The molecule has 534 valence electrons. The minimum absolute atomic E-state index is 0.0371. The van der Waals surface area contributed by atoms with Crippen molar-refractivity contribution >= 4 is 29.6 Å². The molecular weight excluding hydrogens is 1360 g/mol. The molecule has 1 fully saturated rings. The van der Waals surface area contributed by atoms with Gasteiger partial charge >= 0.3 is 35.7 Å². The number of rotatable bonds is 23. The number of ketones is 1. The number of hydrogen-bond acceptors (Lipinski definition) is 15. The second-order valence-electron chi connectivity index (χ2n) is 22.1. The van der Waals surface area contributed by atoms with E-state index >= 15 is 8.78 Å². The smallest absolute Gasteiger partial charge is 0.381 e. The van der Waals surface area contributed by atoms with Gasteiger partial charge in [0.15, 0.2) is 11.5 Å². The summed E-state index contributed by atoms with van der Waals surface area (Å²) in [6.07, 6.45) is 0.643. The number of amides is 1. The Labute approximate surface area is 577 Å². The number of carboxylic acid groups (broad SMARTS) is 1. The van der Waals surface area contributed by atoms with Gasteiger partial charge in [0.05, 0.1) is 19.3 Å². The SMILES string of the molecule is CCOC(=O)C(=O)c1cccc(Oc2ccc(F)cc2)c1.CCOC(=O)C(F)(F)c1cccc(Oc2ccc(F)cc2)c1.O=C(N[C@H](CN1CCCC1)[C@H](O)c1ccc2c(c1)OCCO2)C(F)(F)c1cccc(Oc2ccc(F)cc2)c1.O=C(O)C(F)(F)c1cccc(Oc2ccc(F)cc2)c1. The molecule has 3 N–H and O–H groups in total. The molecule has 0 radical (unpaired) electrons. The van der Waals surface area contributed by atoms with E-state index in [1.807, 2.05) is 4.90 Å². The Morgan fingerprint density at radius 3 is 1.28 bits per heavy atom. The average molecular weight is 1420 g/mol. The van der Waals surface area contributed by atoms with Crippen LogP contribution in [-0.4, -0.2) is 96.8 Å². The Hall–Kier alpha value is -11.5. The van der Waals surface area contributed by atoms with E-state index in [-0.39, 0.29) is 65.6 Å². The van der Waals surface area contributed by atoms with Crippen molar-refractivity contribution < 1.29 is 116 Å². The summed E-state index contributed by atoms with van der Waals surface area (Å²) in [7, 11) is 0. The largest absolute Gasteiger partial charge is 0.486 e. The zero-order chi connectivity index (χ0) is 73.6. The molecule has 0 aliphatic carbocycles. The van der Waals surface area contributed by atoms with Crippen molar-refractivity contribution in [2.24, 2.45) is 0 Å². The van der Waals surface area contributed by atoms with Crippen LogP contribution in [0.4, 0.5) is 43.9 Å². The lowest BCUT2D eigenvalue weighted by atomic mass is 9.99. The highest BCUT2D eigenvalue weighted by atomic mass is 19.3. The van der Waals surface area contributed by atoms with E-state index < -0.39 is 93.7 Å². The number of aliphatic hydroxyl groups is 1. The predicted octanol–water partition coefficient (Wildman–Crippen LogP) is 16.2. The standard InChI is InChI=1S/C29H29F3N2O5.C16H13F3O3.C16H13FO4.C14H9F3O3/c30-21-7-9-22(10-8-21)39-23-5-3-4-20(17-23)29(31,32)28(36)33-24(18-34-12-1-2-13-34)27(35)19-6-11-25-26(16-19)38-15-14-37-25;1-2-21-15(20)16(18,19)11-4-3-5-14(10-11)22-13-8-6-12(17)7-9-13;1-2-20-16(19)15(18)11-4-3-5-14(10-11)21-13-8-6-12(17)7-9-13;15-10-4-6-11(7-5-10)20-12-3-1-2-9(8-12)14(16,17)13(18)19/h3-11,16-17,24,27,35H,1-2,12-15,18H2,(H,33,36);3-10H,2H2,1H3;3-10H,2H2,1H3;1-8H,(H,18,19)/t24-,27-;;;/m1.../s1. The lowest BCUT2D eigenvalue weighted by Gasteiger charge is -2.30. The van der Waals surface area contributed by atoms with Gasteiger partial charge in [-0.05, 0) is 203 Å². The Morgan fingerprint density at radius 2 is 0.863 bits per heavy atom. The number of alkyl halides is 6. The van der Waals surface area contributed by atoms with Crippen molar-refractivity contribution in [3.05, 3.63) is 263 Å². The zero-order valence-corrected chi connectivity index (χ0v) is 54.2. The van der Waals surface area contributed by atoms with Gasteiger partial charge in [0.2, 0.25) is 0 Å². The molecule has 9 aromatic carbocycles.